The number of anilines is 1. The summed E-state index contributed by atoms with van der Waals surface area (Å²) >= 11 is 0. The highest BCUT2D eigenvalue weighted by atomic mass is 19.4. The van der Waals surface area contributed by atoms with E-state index in [9.17, 15) is 22.4 Å². The SMILES string of the molecule is O=C(CCc1nc(-c2cccc(C(F)(F)F)c2)no1)Nc1cccc(F)c1. The molecular weight excluding hydrogens is 366 g/mol. The molecule has 0 aliphatic carbocycles. The van der Waals surface area contributed by atoms with Crippen LogP contribution in [-0.4, -0.2) is 16.0 Å². The zero-order valence-electron chi connectivity index (χ0n) is 13.8. The number of aryl methyl sites for hydroxylation is 1. The van der Waals surface area contributed by atoms with Crippen LogP contribution in [0.5, 0.6) is 0 Å². The number of nitrogens with zero attached hydrogens (tertiary/aromatic N) is 2. The number of rotatable bonds is 5. The molecule has 0 fully saturated rings. The topological polar surface area (TPSA) is 68.0 Å². The van der Waals surface area contributed by atoms with E-state index in [-0.39, 0.29) is 36.0 Å². The third kappa shape index (κ3) is 4.90. The van der Waals surface area contributed by atoms with Gasteiger partial charge in [-0.1, -0.05) is 23.4 Å². The third-order valence-corrected chi connectivity index (χ3v) is 3.59. The smallest absolute Gasteiger partial charge is 0.339 e. The van der Waals surface area contributed by atoms with Gasteiger partial charge in [-0.05, 0) is 30.3 Å². The van der Waals surface area contributed by atoms with Crippen LogP contribution >= 0.6 is 0 Å². The van der Waals surface area contributed by atoms with Crippen molar-refractivity contribution >= 4 is 11.6 Å². The maximum Gasteiger partial charge on any atom is 0.416 e. The Hall–Kier alpha value is -3.23. The van der Waals surface area contributed by atoms with Crippen molar-refractivity contribution in [2.24, 2.45) is 0 Å². The van der Waals surface area contributed by atoms with Crippen molar-refractivity contribution in [3.05, 3.63) is 65.8 Å². The molecule has 0 aliphatic heterocycles. The van der Waals surface area contributed by atoms with Gasteiger partial charge >= 0.3 is 6.18 Å². The summed E-state index contributed by atoms with van der Waals surface area (Å²) in [6, 6.07) is 9.98. The lowest BCUT2D eigenvalue weighted by atomic mass is 10.1. The van der Waals surface area contributed by atoms with Crippen molar-refractivity contribution in [1.82, 2.24) is 10.1 Å². The molecule has 1 heterocycles. The number of alkyl halides is 3. The van der Waals surface area contributed by atoms with E-state index in [4.69, 9.17) is 4.52 Å². The molecule has 0 saturated heterocycles. The average molecular weight is 379 g/mol. The fourth-order valence-corrected chi connectivity index (χ4v) is 2.32. The molecule has 3 rings (SSSR count). The summed E-state index contributed by atoms with van der Waals surface area (Å²) in [5, 5.41) is 6.17. The first-order chi connectivity index (χ1) is 12.8. The quantitative estimate of drug-likeness (QED) is 0.665. The van der Waals surface area contributed by atoms with Crippen molar-refractivity contribution in [3.63, 3.8) is 0 Å². The molecule has 1 N–H and O–H groups in total. The van der Waals surface area contributed by atoms with Gasteiger partial charge in [0, 0.05) is 24.1 Å². The Labute approximate surface area is 151 Å². The molecule has 0 saturated carbocycles. The Morgan fingerprint density at radius 2 is 1.89 bits per heavy atom. The van der Waals surface area contributed by atoms with Crippen LogP contribution in [0.4, 0.5) is 23.2 Å². The average Bonchev–Trinajstić information content (AvgIpc) is 3.08. The maximum atomic E-state index is 13.1. The van der Waals surface area contributed by atoms with E-state index in [0.717, 1.165) is 12.1 Å². The number of benzene rings is 2. The van der Waals surface area contributed by atoms with Crippen LogP contribution < -0.4 is 5.32 Å². The zero-order chi connectivity index (χ0) is 19.4. The van der Waals surface area contributed by atoms with Gasteiger partial charge in [-0.15, -0.1) is 0 Å². The lowest BCUT2D eigenvalue weighted by Crippen LogP contribution is -2.12. The second kappa shape index (κ2) is 7.56. The molecule has 0 aliphatic rings. The van der Waals surface area contributed by atoms with E-state index in [0.29, 0.717) is 5.69 Å². The lowest BCUT2D eigenvalue weighted by molar-refractivity contribution is -0.137. The third-order valence-electron chi connectivity index (χ3n) is 3.59. The van der Waals surface area contributed by atoms with Crippen molar-refractivity contribution in [1.29, 1.82) is 0 Å². The van der Waals surface area contributed by atoms with Gasteiger partial charge in [0.25, 0.3) is 0 Å². The molecule has 0 spiro atoms. The summed E-state index contributed by atoms with van der Waals surface area (Å²) < 4.78 is 56.4. The number of carbonyl (C=O) groups excluding carboxylic acids is 1. The van der Waals surface area contributed by atoms with Crippen molar-refractivity contribution in [2.75, 3.05) is 5.32 Å². The summed E-state index contributed by atoms with van der Waals surface area (Å²) in [5.74, 6) is -0.756. The Morgan fingerprint density at radius 3 is 2.63 bits per heavy atom. The van der Waals surface area contributed by atoms with Crippen LogP contribution in [0.2, 0.25) is 0 Å². The number of carbonyl (C=O) groups is 1. The minimum absolute atomic E-state index is 0.00152. The number of amides is 1. The molecule has 0 bridgehead atoms. The molecule has 0 atom stereocenters. The summed E-state index contributed by atoms with van der Waals surface area (Å²) in [5.41, 5.74) is -0.347. The molecule has 9 heteroatoms. The largest absolute Gasteiger partial charge is 0.416 e. The molecule has 3 aromatic rings. The van der Waals surface area contributed by atoms with Crippen LogP contribution in [-0.2, 0) is 17.4 Å². The zero-order valence-corrected chi connectivity index (χ0v) is 13.8. The first kappa shape index (κ1) is 18.6. The Morgan fingerprint density at radius 1 is 1.11 bits per heavy atom. The first-order valence-electron chi connectivity index (χ1n) is 7.87. The highest BCUT2D eigenvalue weighted by Crippen LogP contribution is 2.31. The number of halogens is 4. The number of aromatic nitrogens is 2. The molecule has 2 aromatic carbocycles. The summed E-state index contributed by atoms with van der Waals surface area (Å²) in [4.78, 5) is 15.9. The van der Waals surface area contributed by atoms with E-state index in [1.165, 1.54) is 30.3 Å². The molecule has 5 nitrogen and oxygen atoms in total. The minimum Gasteiger partial charge on any atom is -0.339 e. The first-order valence-corrected chi connectivity index (χ1v) is 7.87. The van der Waals surface area contributed by atoms with Gasteiger partial charge in [0.05, 0.1) is 5.56 Å². The number of hydrogen-bond acceptors (Lipinski definition) is 4. The second-order valence-corrected chi connectivity index (χ2v) is 5.65. The molecule has 1 amide bonds. The molecule has 0 unspecified atom stereocenters. The highest BCUT2D eigenvalue weighted by molar-refractivity contribution is 5.90. The van der Waals surface area contributed by atoms with Gasteiger partial charge in [0.15, 0.2) is 0 Å². The van der Waals surface area contributed by atoms with Crippen molar-refractivity contribution in [2.45, 2.75) is 19.0 Å². The van der Waals surface area contributed by atoms with Crippen molar-refractivity contribution < 1.29 is 26.9 Å². The maximum absolute atomic E-state index is 13.1. The highest BCUT2D eigenvalue weighted by Gasteiger charge is 2.30. The van der Waals surface area contributed by atoms with Gasteiger partial charge in [-0.25, -0.2) is 4.39 Å². The predicted molar refractivity (Wildman–Crippen MR) is 88.1 cm³/mol. The van der Waals surface area contributed by atoms with E-state index in [1.807, 2.05) is 0 Å². The van der Waals surface area contributed by atoms with Gasteiger partial charge in [-0.2, -0.15) is 18.2 Å². The van der Waals surface area contributed by atoms with Crippen LogP contribution in [0.1, 0.15) is 17.9 Å². The monoisotopic (exact) mass is 379 g/mol. The fourth-order valence-electron chi connectivity index (χ4n) is 2.32. The van der Waals surface area contributed by atoms with E-state index in [2.05, 4.69) is 15.5 Å². The summed E-state index contributed by atoms with van der Waals surface area (Å²) in [6.07, 6.45) is -4.40. The van der Waals surface area contributed by atoms with Crippen LogP contribution in [0.3, 0.4) is 0 Å². The van der Waals surface area contributed by atoms with Gasteiger partial charge < -0.3 is 9.84 Å². The van der Waals surface area contributed by atoms with Gasteiger partial charge in [0.2, 0.25) is 17.6 Å². The van der Waals surface area contributed by atoms with Crippen LogP contribution in [0.15, 0.2) is 53.1 Å². The minimum atomic E-state index is -4.47. The molecule has 1 aromatic heterocycles. The normalized spacial score (nSPS) is 11.4. The fraction of sp³-hybridized carbons (Fsp3) is 0.167. The lowest BCUT2D eigenvalue weighted by Gasteiger charge is -2.06. The molecule has 0 radical (unpaired) electrons. The Balaban J connectivity index is 1.62. The predicted octanol–water partition coefficient (Wildman–Crippen LogP) is 4.47. The Kier molecular flexibility index (Phi) is 5.20. The van der Waals surface area contributed by atoms with Crippen molar-refractivity contribution in [3.8, 4) is 11.4 Å². The standard InChI is InChI=1S/C18H13F4N3O2/c19-13-5-2-6-14(10-13)23-15(26)7-8-16-24-17(25-27-16)11-3-1-4-12(9-11)18(20,21)22/h1-6,9-10H,7-8H2,(H,23,26). The Bertz CT molecular complexity index is 954. The van der Waals surface area contributed by atoms with E-state index in [1.54, 1.807) is 6.07 Å². The second-order valence-electron chi connectivity index (χ2n) is 5.65. The number of hydrogen-bond donors (Lipinski definition) is 1. The molecular formula is C18H13F4N3O2. The summed E-state index contributed by atoms with van der Waals surface area (Å²) in [7, 11) is 0. The number of nitrogens with one attached hydrogen (secondary N) is 1. The van der Waals surface area contributed by atoms with E-state index >= 15 is 0 Å². The van der Waals surface area contributed by atoms with Gasteiger partial charge in [-0.3, -0.25) is 4.79 Å². The van der Waals surface area contributed by atoms with Crippen LogP contribution in [0, 0.1) is 5.82 Å². The van der Waals surface area contributed by atoms with Gasteiger partial charge in [0.1, 0.15) is 5.82 Å². The van der Waals surface area contributed by atoms with E-state index < -0.39 is 17.6 Å². The molecule has 140 valence electrons. The summed E-state index contributed by atoms with van der Waals surface area (Å²) in [6.45, 7) is 0. The molecule has 27 heavy (non-hydrogen) atoms. The van der Waals surface area contributed by atoms with Crippen LogP contribution in [0.25, 0.3) is 11.4 Å².